The highest BCUT2D eigenvalue weighted by molar-refractivity contribution is 5.83. The van der Waals surface area contributed by atoms with Gasteiger partial charge in [-0.25, -0.2) is 0 Å². The Kier molecular flexibility index (Phi) is 4.29. The minimum atomic E-state index is -0.0278. The van der Waals surface area contributed by atoms with Gasteiger partial charge in [-0.15, -0.1) is 0 Å². The molecule has 5 nitrogen and oxygen atoms in total. The van der Waals surface area contributed by atoms with Crippen molar-refractivity contribution in [1.82, 2.24) is 4.90 Å². The van der Waals surface area contributed by atoms with Crippen LogP contribution in [0.3, 0.4) is 0 Å². The lowest BCUT2D eigenvalue weighted by Gasteiger charge is -2.34. The Balaban J connectivity index is 1.84. The average Bonchev–Trinajstić information content (AvgIpc) is 2.83. The van der Waals surface area contributed by atoms with Crippen molar-refractivity contribution in [3.05, 3.63) is 0 Å². The van der Waals surface area contributed by atoms with Crippen LogP contribution in [0.15, 0.2) is 0 Å². The zero-order valence-electron chi connectivity index (χ0n) is 9.43. The first-order chi connectivity index (χ1) is 7.81. The molecule has 0 amide bonds. The first kappa shape index (κ1) is 12.0. The summed E-state index contributed by atoms with van der Waals surface area (Å²) < 4.78 is 10.5. The number of carbonyl (C=O) groups is 1. The molecule has 2 atom stereocenters. The second kappa shape index (κ2) is 5.72. The van der Waals surface area contributed by atoms with Crippen molar-refractivity contribution in [3.63, 3.8) is 0 Å². The van der Waals surface area contributed by atoms with Gasteiger partial charge in [0.2, 0.25) is 0 Å². The molecular weight excluding hydrogens is 210 g/mol. The largest absolute Gasteiger partial charge is 0.395 e. The number of aliphatic hydroxyl groups excluding tert-OH is 1. The molecule has 2 fully saturated rings. The Morgan fingerprint density at radius 2 is 2.12 bits per heavy atom. The minimum absolute atomic E-state index is 0.0278. The number of aliphatic hydroxyl groups is 1. The molecule has 2 unspecified atom stereocenters. The van der Waals surface area contributed by atoms with Crippen LogP contribution >= 0.6 is 0 Å². The smallest absolute Gasteiger partial charge is 0.152 e. The monoisotopic (exact) mass is 229 g/mol. The van der Waals surface area contributed by atoms with Crippen molar-refractivity contribution in [2.24, 2.45) is 5.92 Å². The fourth-order valence-corrected chi connectivity index (χ4v) is 2.18. The van der Waals surface area contributed by atoms with Gasteiger partial charge in [-0.2, -0.15) is 0 Å². The molecule has 2 saturated heterocycles. The van der Waals surface area contributed by atoms with Crippen LogP contribution in [-0.4, -0.2) is 68.0 Å². The predicted octanol–water partition coefficient (Wildman–Crippen LogP) is -0.715. The summed E-state index contributed by atoms with van der Waals surface area (Å²) in [4.78, 5) is 13.9. The molecule has 0 radical (unpaired) electrons. The van der Waals surface area contributed by atoms with E-state index in [1.165, 1.54) is 0 Å². The molecular formula is C11H19NO4. The van der Waals surface area contributed by atoms with Gasteiger partial charge in [0, 0.05) is 19.1 Å². The standard InChI is InChI=1S/C11H19NO4/c13-6-10-8-16-4-2-12(10)5-11(14)9-1-3-15-7-9/h9-10,13H,1-8H2. The lowest BCUT2D eigenvalue weighted by molar-refractivity contribution is -0.126. The number of Topliss-reactive ketones (excluding diaryl/α,β-unsaturated/α-hetero) is 1. The number of hydrogen-bond donors (Lipinski definition) is 1. The van der Waals surface area contributed by atoms with E-state index in [2.05, 4.69) is 0 Å². The molecule has 0 saturated carbocycles. The van der Waals surface area contributed by atoms with E-state index in [-0.39, 0.29) is 24.3 Å². The predicted molar refractivity (Wildman–Crippen MR) is 57.2 cm³/mol. The van der Waals surface area contributed by atoms with Crippen molar-refractivity contribution in [1.29, 1.82) is 0 Å². The first-order valence-electron chi connectivity index (χ1n) is 5.84. The van der Waals surface area contributed by atoms with Crippen LogP contribution in [0.4, 0.5) is 0 Å². The van der Waals surface area contributed by atoms with E-state index in [1.54, 1.807) is 0 Å². The Morgan fingerprint density at radius 1 is 1.31 bits per heavy atom. The molecule has 16 heavy (non-hydrogen) atoms. The third-order valence-corrected chi connectivity index (χ3v) is 3.30. The van der Waals surface area contributed by atoms with Gasteiger partial charge in [0.1, 0.15) is 0 Å². The fourth-order valence-electron chi connectivity index (χ4n) is 2.18. The maximum absolute atomic E-state index is 11.9. The number of carbonyl (C=O) groups excluding carboxylic acids is 1. The number of hydrogen-bond acceptors (Lipinski definition) is 5. The summed E-state index contributed by atoms with van der Waals surface area (Å²) in [5, 5.41) is 9.18. The van der Waals surface area contributed by atoms with Gasteiger partial charge in [-0.1, -0.05) is 0 Å². The highest BCUT2D eigenvalue weighted by Gasteiger charge is 2.29. The van der Waals surface area contributed by atoms with E-state index in [0.717, 1.165) is 13.0 Å². The van der Waals surface area contributed by atoms with E-state index in [1.807, 2.05) is 4.90 Å². The van der Waals surface area contributed by atoms with Crippen LogP contribution in [-0.2, 0) is 14.3 Å². The van der Waals surface area contributed by atoms with E-state index >= 15 is 0 Å². The Hall–Kier alpha value is -0.490. The normalized spacial score (nSPS) is 31.8. The fraction of sp³-hybridized carbons (Fsp3) is 0.909. The Labute approximate surface area is 95.3 Å². The Bertz CT molecular complexity index is 240. The number of rotatable bonds is 4. The lowest BCUT2D eigenvalue weighted by atomic mass is 10.0. The summed E-state index contributed by atoms with van der Waals surface area (Å²) >= 11 is 0. The molecule has 92 valence electrons. The molecule has 2 rings (SSSR count). The van der Waals surface area contributed by atoms with E-state index in [9.17, 15) is 9.90 Å². The second-order valence-corrected chi connectivity index (χ2v) is 4.41. The zero-order valence-corrected chi connectivity index (χ0v) is 9.43. The maximum atomic E-state index is 11.9. The molecule has 0 aromatic heterocycles. The molecule has 2 aliphatic heterocycles. The maximum Gasteiger partial charge on any atom is 0.152 e. The van der Waals surface area contributed by atoms with Crippen LogP contribution in [0.1, 0.15) is 6.42 Å². The van der Waals surface area contributed by atoms with E-state index in [0.29, 0.717) is 33.0 Å². The van der Waals surface area contributed by atoms with Crippen LogP contribution < -0.4 is 0 Å². The topological polar surface area (TPSA) is 59.0 Å². The summed E-state index contributed by atoms with van der Waals surface area (Å²) in [7, 11) is 0. The molecule has 0 aromatic rings. The van der Waals surface area contributed by atoms with Gasteiger partial charge in [0.25, 0.3) is 0 Å². The van der Waals surface area contributed by atoms with Gasteiger partial charge >= 0.3 is 0 Å². The highest BCUT2D eigenvalue weighted by atomic mass is 16.5. The molecule has 0 aromatic carbocycles. The number of morpholine rings is 1. The van der Waals surface area contributed by atoms with Crippen molar-refractivity contribution in [2.75, 3.05) is 46.1 Å². The van der Waals surface area contributed by atoms with Crippen molar-refractivity contribution in [2.45, 2.75) is 12.5 Å². The van der Waals surface area contributed by atoms with Gasteiger partial charge in [-0.3, -0.25) is 9.69 Å². The quantitative estimate of drug-likeness (QED) is 0.690. The summed E-state index contributed by atoms with van der Waals surface area (Å²) in [6.07, 6.45) is 0.840. The van der Waals surface area contributed by atoms with E-state index < -0.39 is 0 Å². The second-order valence-electron chi connectivity index (χ2n) is 4.41. The van der Waals surface area contributed by atoms with Crippen LogP contribution in [0, 0.1) is 5.92 Å². The molecule has 5 heteroatoms. The molecule has 1 N–H and O–H groups in total. The van der Waals surface area contributed by atoms with Gasteiger partial charge in [0.15, 0.2) is 5.78 Å². The third-order valence-electron chi connectivity index (χ3n) is 3.30. The summed E-state index contributed by atoms with van der Waals surface area (Å²) in [6.45, 7) is 3.62. The summed E-state index contributed by atoms with van der Waals surface area (Å²) in [5.74, 6) is 0.292. The van der Waals surface area contributed by atoms with Crippen molar-refractivity contribution >= 4 is 5.78 Å². The number of ether oxygens (including phenoxy) is 2. The molecule has 0 aliphatic carbocycles. The summed E-state index contributed by atoms with van der Waals surface area (Å²) in [5.41, 5.74) is 0. The van der Waals surface area contributed by atoms with Crippen molar-refractivity contribution < 1.29 is 19.4 Å². The lowest BCUT2D eigenvalue weighted by Crippen LogP contribution is -2.50. The molecule has 0 spiro atoms. The molecule has 0 bridgehead atoms. The zero-order chi connectivity index (χ0) is 11.4. The molecule has 2 aliphatic rings. The number of nitrogens with zero attached hydrogens (tertiary/aromatic N) is 1. The summed E-state index contributed by atoms with van der Waals surface area (Å²) in [6, 6.07) is -0.0278. The van der Waals surface area contributed by atoms with Crippen molar-refractivity contribution in [3.8, 4) is 0 Å². The van der Waals surface area contributed by atoms with E-state index in [4.69, 9.17) is 9.47 Å². The van der Waals surface area contributed by atoms with Gasteiger partial charge in [-0.05, 0) is 6.42 Å². The van der Waals surface area contributed by atoms with Crippen LogP contribution in [0.5, 0.6) is 0 Å². The first-order valence-corrected chi connectivity index (χ1v) is 5.84. The van der Waals surface area contributed by atoms with Gasteiger partial charge in [0.05, 0.1) is 39.0 Å². The van der Waals surface area contributed by atoms with Crippen LogP contribution in [0.25, 0.3) is 0 Å². The number of ketones is 1. The third kappa shape index (κ3) is 2.79. The Morgan fingerprint density at radius 3 is 2.81 bits per heavy atom. The highest BCUT2D eigenvalue weighted by Crippen LogP contribution is 2.15. The van der Waals surface area contributed by atoms with Crippen LogP contribution in [0.2, 0.25) is 0 Å². The van der Waals surface area contributed by atoms with Gasteiger partial charge < -0.3 is 14.6 Å². The average molecular weight is 229 g/mol. The SMILES string of the molecule is O=C(CN1CCOCC1CO)C1CCOC1. The molecule has 2 heterocycles. The minimum Gasteiger partial charge on any atom is -0.395 e.